The number of ether oxygens (including phenoxy) is 1. The number of ketones is 1. The van der Waals surface area contributed by atoms with Crippen molar-refractivity contribution in [3.8, 4) is 0 Å². The molecule has 1 heterocycles. The predicted molar refractivity (Wildman–Crippen MR) is 107 cm³/mol. The zero-order chi connectivity index (χ0) is 20.8. The van der Waals surface area contributed by atoms with Crippen LogP contribution in [-0.2, 0) is 9.53 Å². The maximum absolute atomic E-state index is 12.4. The Morgan fingerprint density at radius 1 is 1.14 bits per heavy atom. The van der Waals surface area contributed by atoms with Crippen molar-refractivity contribution in [3.05, 3.63) is 81.9 Å². The molecule has 0 atom stereocenters. The van der Waals surface area contributed by atoms with Gasteiger partial charge in [0.05, 0.1) is 18.0 Å². The second-order valence-electron chi connectivity index (χ2n) is 6.01. The minimum Gasteiger partial charge on any atom is -0.468 e. The van der Waals surface area contributed by atoms with Crippen LogP contribution in [0.15, 0.2) is 59.4 Å². The van der Waals surface area contributed by atoms with E-state index in [9.17, 15) is 19.2 Å². The quantitative estimate of drug-likeness (QED) is 0.375. The largest absolute Gasteiger partial charge is 0.468 e. The van der Waals surface area contributed by atoms with Crippen LogP contribution in [0.2, 0.25) is 0 Å². The fourth-order valence-corrected chi connectivity index (χ4v) is 2.56. The zero-order valence-electron chi connectivity index (χ0n) is 15.5. The highest BCUT2D eigenvalue weighted by Crippen LogP contribution is 2.09. The Morgan fingerprint density at radius 3 is 2.72 bits per heavy atom. The molecule has 2 N–H and O–H groups in total. The van der Waals surface area contributed by atoms with E-state index in [0.717, 1.165) is 0 Å². The Kier molecular flexibility index (Phi) is 5.94. The first-order valence-electron chi connectivity index (χ1n) is 8.64. The van der Waals surface area contributed by atoms with Gasteiger partial charge in [0.1, 0.15) is 6.54 Å². The van der Waals surface area contributed by atoms with Crippen LogP contribution in [0.4, 0.5) is 0 Å². The summed E-state index contributed by atoms with van der Waals surface area (Å²) in [5, 5.41) is 2.84. The van der Waals surface area contributed by atoms with E-state index in [1.54, 1.807) is 48.5 Å². The molecule has 3 aromatic rings. The Morgan fingerprint density at radius 2 is 1.93 bits per heavy atom. The summed E-state index contributed by atoms with van der Waals surface area (Å²) in [6.45, 7) is -0.241. The van der Waals surface area contributed by atoms with Gasteiger partial charge < -0.3 is 15.0 Å². The molecule has 0 saturated heterocycles. The van der Waals surface area contributed by atoms with Crippen molar-refractivity contribution in [2.45, 2.75) is 0 Å². The smallest absolute Gasteiger partial charge is 0.325 e. The minimum atomic E-state index is -0.558. The molecule has 29 heavy (non-hydrogen) atoms. The van der Waals surface area contributed by atoms with Gasteiger partial charge in [0.15, 0.2) is 5.82 Å². The van der Waals surface area contributed by atoms with Crippen LogP contribution in [0, 0.1) is 0 Å². The van der Waals surface area contributed by atoms with E-state index in [4.69, 9.17) is 0 Å². The van der Waals surface area contributed by atoms with Crippen LogP contribution in [0.25, 0.3) is 17.0 Å². The lowest BCUT2D eigenvalue weighted by atomic mass is 10.1. The first-order valence-corrected chi connectivity index (χ1v) is 8.64. The maximum Gasteiger partial charge on any atom is 0.325 e. The van der Waals surface area contributed by atoms with Gasteiger partial charge in [-0.15, -0.1) is 0 Å². The predicted octanol–water partition coefficient (Wildman–Crippen LogP) is 1.72. The number of para-hydroxylation sites is 1. The van der Waals surface area contributed by atoms with Crippen molar-refractivity contribution in [2.24, 2.45) is 0 Å². The van der Waals surface area contributed by atoms with Crippen molar-refractivity contribution in [1.82, 2.24) is 15.3 Å². The number of aromatic nitrogens is 2. The van der Waals surface area contributed by atoms with Gasteiger partial charge in [-0.05, 0) is 35.9 Å². The van der Waals surface area contributed by atoms with Crippen LogP contribution in [0.5, 0.6) is 0 Å². The Bertz CT molecular complexity index is 1180. The fraction of sp³-hybridized carbons (Fsp3) is 0.0952. The summed E-state index contributed by atoms with van der Waals surface area (Å²) < 4.78 is 4.47. The number of benzene rings is 2. The summed E-state index contributed by atoms with van der Waals surface area (Å²) in [5.74, 6) is -1.56. The Balaban J connectivity index is 1.76. The van der Waals surface area contributed by atoms with Gasteiger partial charge in [0, 0.05) is 5.56 Å². The SMILES string of the molecule is COC(=O)CNC(=O)c1cccc(/C=C/C(=O)c2nc3ccccc3c(=O)[nH]2)c1. The first kappa shape index (κ1) is 19.7. The van der Waals surface area contributed by atoms with Crippen molar-refractivity contribution in [3.63, 3.8) is 0 Å². The molecule has 0 fully saturated rings. The molecule has 1 aromatic heterocycles. The molecule has 0 bridgehead atoms. The monoisotopic (exact) mass is 391 g/mol. The molecule has 0 aliphatic heterocycles. The van der Waals surface area contributed by atoms with Crippen molar-refractivity contribution in [2.75, 3.05) is 13.7 Å². The molecule has 146 valence electrons. The van der Waals surface area contributed by atoms with Gasteiger partial charge in [0.25, 0.3) is 11.5 Å². The minimum absolute atomic E-state index is 0.0723. The number of amides is 1. The average molecular weight is 391 g/mol. The highest BCUT2D eigenvalue weighted by Gasteiger charge is 2.10. The molecule has 0 radical (unpaired) electrons. The summed E-state index contributed by atoms with van der Waals surface area (Å²) in [6, 6.07) is 13.2. The summed E-state index contributed by atoms with van der Waals surface area (Å²) in [4.78, 5) is 54.3. The van der Waals surface area contributed by atoms with Crippen LogP contribution >= 0.6 is 0 Å². The fourth-order valence-electron chi connectivity index (χ4n) is 2.56. The average Bonchev–Trinajstić information content (AvgIpc) is 2.75. The molecular weight excluding hydrogens is 374 g/mol. The van der Waals surface area contributed by atoms with Crippen molar-refractivity contribution < 1.29 is 19.1 Å². The van der Waals surface area contributed by atoms with Crippen molar-refractivity contribution >= 4 is 34.6 Å². The number of nitrogens with one attached hydrogen (secondary N) is 2. The molecule has 0 unspecified atom stereocenters. The number of allylic oxidation sites excluding steroid dienone is 1. The lowest BCUT2D eigenvalue weighted by molar-refractivity contribution is -0.139. The number of nitrogens with zero attached hydrogens (tertiary/aromatic N) is 1. The summed E-state index contributed by atoms with van der Waals surface area (Å²) in [7, 11) is 1.23. The normalized spacial score (nSPS) is 10.8. The number of fused-ring (bicyclic) bond motifs is 1. The van der Waals surface area contributed by atoms with E-state index in [-0.39, 0.29) is 12.4 Å². The van der Waals surface area contributed by atoms with E-state index in [0.29, 0.717) is 22.0 Å². The second-order valence-corrected chi connectivity index (χ2v) is 6.01. The lowest BCUT2D eigenvalue weighted by Gasteiger charge is -2.04. The number of H-pyrrole nitrogens is 1. The van der Waals surface area contributed by atoms with Gasteiger partial charge in [0.2, 0.25) is 5.78 Å². The molecular formula is C21H17N3O5. The highest BCUT2D eigenvalue weighted by molar-refractivity contribution is 6.05. The molecule has 2 aromatic carbocycles. The van der Waals surface area contributed by atoms with Gasteiger partial charge in [-0.25, -0.2) is 4.98 Å². The molecule has 8 nitrogen and oxygen atoms in total. The van der Waals surface area contributed by atoms with Crippen LogP contribution in [-0.4, -0.2) is 41.3 Å². The molecule has 3 rings (SSSR count). The number of esters is 1. The molecule has 0 aliphatic carbocycles. The summed E-state index contributed by atoms with van der Waals surface area (Å²) in [6.07, 6.45) is 2.77. The number of carbonyl (C=O) groups is 3. The third-order valence-corrected chi connectivity index (χ3v) is 4.04. The maximum atomic E-state index is 12.4. The molecule has 0 saturated carbocycles. The molecule has 1 amide bonds. The number of rotatable bonds is 6. The topological polar surface area (TPSA) is 118 Å². The number of hydrogen-bond donors (Lipinski definition) is 2. The number of hydrogen-bond acceptors (Lipinski definition) is 6. The van der Waals surface area contributed by atoms with Crippen LogP contribution in [0.1, 0.15) is 26.5 Å². The standard InChI is InChI=1S/C21H17N3O5/c1-29-18(26)12-22-20(27)14-6-4-5-13(11-14)9-10-17(25)19-23-16-8-3-2-7-15(16)21(28)24-19/h2-11H,12H2,1H3,(H,22,27)(H,23,24,28)/b10-9+. The Labute approximate surface area is 165 Å². The number of methoxy groups -OCH3 is 1. The summed E-state index contributed by atoms with van der Waals surface area (Å²) in [5.41, 5.74) is 0.946. The lowest BCUT2D eigenvalue weighted by Crippen LogP contribution is -2.30. The first-order chi connectivity index (χ1) is 14.0. The van der Waals surface area contributed by atoms with Crippen LogP contribution in [0.3, 0.4) is 0 Å². The van der Waals surface area contributed by atoms with Gasteiger partial charge in [-0.3, -0.25) is 19.2 Å². The zero-order valence-corrected chi connectivity index (χ0v) is 15.5. The molecule has 0 spiro atoms. The second kappa shape index (κ2) is 8.75. The van der Waals surface area contributed by atoms with E-state index >= 15 is 0 Å². The van der Waals surface area contributed by atoms with Crippen LogP contribution < -0.4 is 10.9 Å². The van der Waals surface area contributed by atoms with Gasteiger partial charge >= 0.3 is 5.97 Å². The molecule has 8 heteroatoms. The van der Waals surface area contributed by atoms with E-state index in [1.165, 1.54) is 19.3 Å². The third-order valence-electron chi connectivity index (χ3n) is 4.04. The van der Waals surface area contributed by atoms with E-state index in [1.807, 2.05) is 0 Å². The number of carbonyl (C=O) groups excluding carboxylic acids is 3. The summed E-state index contributed by atoms with van der Waals surface area (Å²) >= 11 is 0. The molecule has 0 aliphatic rings. The van der Waals surface area contributed by atoms with Gasteiger partial charge in [-0.2, -0.15) is 0 Å². The van der Waals surface area contributed by atoms with E-state index < -0.39 is 23.2 Å². The highest BCUT2D eigenvalue weighted by atomic mass is 16.5. The number of aromatic amines is 1. The van der Waals surface area contributed by atoms with E-state index in [2.05, 4.69) is 20.0 Å². The third kappa shape index (κ3) is 4.81. The van der Waals surface area contributed by atoms with Crippen molar-refractivity contribution in [1.29, 1.82) is 0 Å². The Hall–Kier alpha value is -4.07. The van der Waals surface area contributed by atoms with Gasteiger partial charge in [-0.1, -0.05) is 30.3 Å².